The van der Waals surface area contributed by atoms with Gasteiger partial charge >= 0.3 is 11.6 Å². The predicted molar refractivity (Wildman–Crippen MR) is 122 cm³/mol. The van der Waals surface area contributed by atoms with Crippen molar-refractivity contribution >= 4 is 5.97 Å². The molecule has 2 aromatic rings. The molecule has 3 heterocycles. The number of aliphatic hydroxyl groups excluding tert-OH is 2. The third kappa shape index (κ3) is 3.30. The van der Waals surface area contributed by atoms with Crippen LogP contribution in [0.2, 0.25) is 0 Å². The monoisotopic (exact) mass is 469 g/mol. The molecule has 0 radical (unpaired) electrons. The van der Waals surface area contributed by atoms with Crippen LogP contribution in [0, 0.1) is 23.2 Å². The first-order valence-corrected chi connectivity index (χ1v) is 11.9. The minimum Gasteiger partial charge on any atom is -0.484 e. The van der Waals surface area contributed by atoms with E-state index in [9.17, 15) is 19.8 Å². The quantitative estimate of drug-likeness (QED) is 0.644. The highest BCUT2D eigenvalue weighted by molar-refractivity contribution is 5.66. The Kier molecular flexibility index (Phi) is 5.37. The molecule has 2 saturated carbocycles. The zero-order valence-corrected chi connectivity index (χ0v) is 19.9. The van der Waals surface area contributed by atoms with Gasteiger partial charge in [-0.3, -0.25) is 9.78 Å². The molecule has 0 saturated heterocycles. The van der Waals surface area contributed by atoms with Crippen molar-refractivity contribution in [1.82, 2.24) is 4.98 Å². The number of hydrogen-bond donors (Lipinski definition) is 2. The second-order valence-electron chi connectivity index (χ2n) is 10.5. The highest BCUT2D eigenvalue weighted by Crippen LogP contribution is 2.64. The molecule has 2 fully saturated rings. The van der Waals surface area contributed by atoms with Gasteiger partial charge in [0.05, 0.1) is 12.2 Å². The Labute approximate surface area is 197 Å². The fraction of sp³-hybridized carbons (Fsp3) is 0.577. The summed E-state index contributed by atoms with van der Waals surface area (Å²) in [6.07, 6.45) is 2.66. The zero-order valence-electron chi connectivity index (χ0n) is 19.9. The molecule has 2 aliphatic carbocycles. The van der Waals surface area contributed by atoms with E-state index >= 15 is 0 Å². The van der Waals surface area contributed by atoms with Gasteiger partial charge in [0.2, 0.25) is 0 Å². The Morgan fingerprint density at radius 1 is 1.29 bits per heavy atom. The normalized spacial score (nSPS) is 38.6. The fourth-order valence-electron chi connectivity index (χ4n) is 7.04. The molecule has 8 heteroatoms. The lowest BCUT2D eigenvalue weighted by molar-refractivity contribution is -0.244. The van der Waals surface area contributed by atoms with Gasteiger partial charge in [-0.2, -0.15) is 0 Å². The van der Waals surface area contributed by atoms with Crippen LogP contribution in [-0.4, -0.2) is 39.0 Å². The highest BCUT2D eigenvalue weighted by Gasteiger charge is 2.66. The molecule has 3 aliphatic rings. The molecule has 6 unspecified atom stereocenters. The Hall–Kier alpha value is -2.71. The third-order valence-corrected chi connectivity index (χ3v) is 8.66. The predicted octanol–water partition coefficient (Wildman–Crippen LogP) is 3.25. The lowest BCUT2D eigenvalue weighted by Gasteiger charge is -2.63. The molecule has 0 bridgehead atoms. The molecule has 1 aliphatic heterocycles. The molecule has 8 nitrogen and oxygen atoms in total. The first kappa shape index (κ1) is 23.1. The summed E-state index contributed by atoms with van der Waals surface area (Å²) in [4.78, 5) is 28.8. The summed E-state index contributed by atoms with van der Waals surface area (Å²) in [6, 6.07) is 5.10. The number of carbonyl (C=O) groups is 1. The molecule has 0 spiro atoms. The molecule has 182 valence electrons. The van der Waals surface area contributed by atoms with Crippen molar-refractivity contribution in [2.75, 3.05) is 0 Å². The number of esters is 1. The van der Waals surface area contributed by atoms with E-state index in [4.69, 9.17) is 13.9 Å². The van der Waals surface area contributed by atoms with Crippen molar-refractivity contribution in [2.45, 2.75) is 70.9 Å². The van der Waals surface area contributed by atoms with E-state index < -0.39 is 34.8 Å². The first-order chi connectivity index (χ1) is 16.1. The topological polar surface area (TPSA) is 119 Å². The maximum Gasteiger partial charge on any atom is 0.345 e. The van der Waals surface area contributed by atoms with E-state index in [2.05, 4.69) is 11.9 Å². The van der Waals surface area contributed by atoms with Crippen LogP contribution in [0.15, 0.2) is 39.8 Å². The van der Waals surface area contributed by atoms with Crippen LogP contribution in [0.4, 0.5) is 0 Å². The van der Waals surface area contributed by atoms with Crippen molar-refractivity contribution in [3.8, 4) is 17.1 Å². The second-order valence-corrected chi connectivity index (χ2v) is 10.5. The number of hydrogen-bond acceptors (Lipinski definition) is 8. The Morgan fingerprint density at radius 2 is 2.06 bits per heavy atom. The average Bonchev–Trinajstić information content (AvgIpc) is 2.77. The van der Waals surface area contributed by atoms with Crippen LogP contribution < -0.4 is 10.4 Å². The summed E-state index contributed by atoms with van der Waals surface area (Å²) in [5.74, 6) is -0.396. The van der Waals surface area contributed by atoms with E-state index in [1.54, 1.807) is 30.6 Å². The molecular formula is C26H31NO7. The van der Waals surface area contributed by atoms with Gasteiger partial charge in [-0.05, 0) is 55.6 Å². The van der Waals surface area contributed by atoms with Gasteiger partial charge in [0, 0.05) is 36.9 Å². The number of ether oxygens (including phenoxy) is 2. The maximum atomic E-state index is 13.1. The van der Waals surface area contributed by atoms with Crippen LogP contribution in [0.5, 0.6) is 5.75 Å². The van der Waals surface area contributed by atoms with Gasteiger partial charge < -0.3 is 24.1 Å². The molecule has 0 aromatic carbocycles. The Morgan fingerprint density at radius 3 is 2.74 bits per heavy atom. The van der Waals surface area contributed by atoms with Crippen LogP contribution in [-0.2, 0) is 9.53 Å². The Bertz CT molecular complexity index is 1160. The highest BCUT2D eigenvalue weighted by atomic mass is 16.5. The molecule has 5 rings (SSSR count). The van der Waals surface area contributed by atoms with E-state index in [1.165, 1.54) is 6.92 Å². The van der Waals surface area contributed by atoms with Gasteiger partial charge in [0.25, 0.3) is 0 Å². The number of rotatable bonds is 2. The van der Waals surface area contributed by atoms with Gasteiger partial charge in [0.1, 0.15) is 28.8 Å². The van der Waals surface area contributed by atoms with Crippen LogP contribution in [0.3, 0.4) is 0 Å². The summed E-state index contributed by atoms with van der Waals surface area (Å²) in [5, 5.41) is 23.0. The largest absolute Gasteiger partial charge is 0.484 e. The minimum absolute atomic E-state index is 0.0141. The number of aliphatic hydroxyl groups is 2. The van der Waals surface area contributed by atoms with Gasteiger partial charge in [0.15, 0.2) is 0 Å². The number of nitrogens with zero attached hydrogens (tertiary/aromatic N) is 1. The minimum atomic E-state index is -1.17. The van der Waals surface area contributed by atoms with Crippen LogP contribution in [0.25, 0.3) is 11.3 Å². The van der Waals surface area contributed by atoms with Crippen molar-refractivity contribution in [1.29, 1.82) is 0 Å². The van der Waals surface area contributed by atoms with Crippen molar-refractivity contribution in [3.63, 3.8) is 0 Å². The summed E-state index contributed by atoms with van der Waals surface area (Å²) < 4.78 is 17.5. The molecule has 2 aromatic heterocycles. The Balaban J connectivity index is 1.58. The summed E-state index contributed by atoms with van der Waals surface area (Å²) in [7, 11) is 0. The number of aromatic nitrogens is 1. The third-order valence-electron chi connectivity index (χ3n) is 8.66. The first-order valence-electron chi connectivity index (χ1n) is 11.9. The number of carbonyl (C=O) groups excluding carboxylic acids is 1. The summed E-state index contributed by atoms with van der Waals surface area (Å²) in [5.41, 5.74) is -1.52. The molecular weight excluding hydrogens is 438 g/mol. The second kappa shape index (κ2) is 7.92. The SMILES string of the molecule is CC(=O)OC1CC[C@@]2(C)C(CC(O)[C@@]3(C)Oc4cc(-c5cccnc5)oc(=O)c4C(O)C23)C1C. The standard InChI is InChI=1S/C26H31NO7/c1-13-16-10-20(29)26(4)23(25(16,3)8-7-17(13)32-14(2)28)22(30)21-19(34-26)11-18(33-24(21)31)15-6-5-9-27-12-15/h5-6,9,11-13,16-17,20,22-23,29-30H,7-8,10H2,1-4H3/t13?,16?,17?,20?,22?,23?,25-,26+/m0/s1. The van der Waals surface area contributed by atoms with E-state index in [0.29, 0.717) is 24.8 Å². The van der Waals surface area contributed by atoms with Gasteiger partial charge in [-0.1, -0.05) is 13.8 Å². The molecule has 0 amide bonds. The lowest BCUT2D eigenvalue weighted by Crippen LogP contribution is -2.68. The van der Waals surface area contributed by atoms with E-state index in [0.717, 1.165) is 0 Å². The van der Waals surface area contributed by atoms with Gasteiger partial charge in [-0.15, -0.1) is 0 Å². The summed E-state index contributed by atoms with van der Waals surface area (Å²) in [6.45, 7) is 7.35. The van der Waals surface area contributed by atoms with E-state index in [-0.39, 0.29) is 41.0 Å². The molecule has 34 heavy (non-hydrogen) atoms. The number of fused-ring (bicyclic) bond motifs is 4. The zero-order chi connectivity index (χ0) is 24.4. The van der Waals surface area contributed by atoms with Crippen molar-refractivity contribution in [3.05, 3.63) is 46.6 Å². The molecule has 2 N–H and O–H groups in total. The molecule has 8 atom stereocenters. The van der Waals surface area contributed by atoms with Crippen molar-refractivity contribution in [2.24, 2.45) is 23.2 Å². The average molecular weight is 470 g/mol. The van der Waals surface area contributed by atoms with Crippen molar-refractivity contribution < 1.29 is 28.9 Å². The van der Waals surface area contributed by atoms with E-state index in [1.807, 2.05) is 13.8 Å². The van der Waals surface area contributed by atoms with Gasteiger partial charge in [-0.25, -0.2) is 4.79 Å². The number of pyridine rings is 1. The van der Waals surface area contributed by atoms with Crippen LogP contribution in [0.1, 0.15) is 58.6 Å². The lowest BCUT2D eigenvalue weighted by atomic mass is 9.46. The summed E-state index contributed by atoms with van der Waals surface area (Å²) >= 11 is 0. The smallest absolute Gasteiger partial charge is 0.345 e. The van der Waals surface area contributed by atoms with Crippen LogP contribution >= 0.6 is 0 Å². The fourth-order valence-corrected chi connectivity index (χ4v) is 7.04. The maximum absolute atomic E-state index is 13.1.